The van der Waals surface area contributed by atoms with Gasteiger partial charge in [-0.25, -0.2) is 0 Å². The summed E-state index contributed by atoms with van der Waals surface area (Å²) in [4.78, 5) is 2.74. The van der Waals surface area contributed by atoms with Gasteiger partial charge in [-0.3, -0.25) is 4.90 Å². The smallest absolute Gasteiger partial charge is 0.0580 e. The Bertz CT molecular complexity index is 253. The predicted molar refractivity (Wildman–Crippen MR) is 69.9 cm³/mol. The number of hydrogen-bond acceptors (Lipinski definition) is 2. The molecule has 3 aliphatic rings. The van der Waals surface area contributed by atoms with Crippen molar-refractivity contribution in [1.29, 1.82) is 0 Å². The molecule has 0 aromatic rings. The second-order valence-corrected chi connectivity index (χ2v) is 6.51. The molecule has 2 nitrogen and oxygen atoms in total. The minimum absolute atomic E-state index is 0.000956. The lowest BCUT2D eigenvalue weighted by Gasteiger charge is -2.45. The van der Waals surface area contributed by atoms with Gasteiger partial charge in [-0.15, -0.1) is 0 Å². The Hall–Kier alpha value is -0.0800. The van der Waals surface area contributed by atoms with Crippen molar-refractivity contribution in [1.82, 2.24) is 4.90 Å². The van der Waals surface area contributed by atoms with Gasteiger partial charge in [0.15, 0.2) is 0 Å². The molecule has 0 spiro atoms. The predicted octanol–water partition coefficient (Wildman–Crippen LogP) is 2.80. The lowest BCUT2D eigenvalue weighted by atomic mass is 9.78. The lowest BCUT2D eigenvalue weighted by Crippen LogP contribution is -2.49. The first-order valence-corrected chi connectivity index (χ1v) is 7.77. The summed E-state index contributed by atoms with van der Waals surface area (Å²) in [7, 11) is 0. The topological polar surface area (TPSA) is 23.5 Å². The van der Waals surface area contributed by atoms with Gasteiger partial charge >= 0.3 is 0 Å². The summed E-state index contributed by atoms with van der Waals surface area (Å²) in [5, 5.41) is 9.99. The number of hydrogen-bond donors (Lipinski definition) is 1. The summed E-state index contributed by atoms with van der Waals surface area (Å²) >= 11 is 0. The van der Waals surface area contributed by atoms with Gasteiger partial charge in [0.25, 0.3) is 0 Å². The van der Waals surface area contributed by atoms with E-state index in [1.807, 2.05) is 0 Å². The maximum Gasteiger partial charge on any atom is 0.0580 e. The fourth-order valence-electron chi connectivity index (χ4n) is 4.49. The lowest BCUT2D eigenvalue weighted by molar-refractivity contribution is 0.0263. The molecule has 1 N–H and O–H groups in total. The van der Waals surface area contributed by atoms with E-state index in [0.29, 0.717) is 5.92 Å². The molecule has 0 amide bonds. The number of aliphatic hydroxyl groups is 1. The quantitative estimate of drug-likeness (QED) is 0.798. The van der Waals surface area contributed by atoms with Crippen molar-refractivity contribution in [3.05, 3.63) is 0 Å². The van der Waals surface area contributed by atoms with Crippen molar-refractivity contribution in [3.8, 4) is 0 Å². The van der Waals surface area contributed by atoms with Crippen LogP contribution in [0.1, 0.15) is 57.8 Å². The number of aliphatic hydroxyl groups excluding tert-OH is 1. The van der Waals surface area contributed by atoms with E-state index in [0.717, 1.165) is 18.4 Å². The molecule has 1 aliphatic heterocycles. The molecule has 3 fully saturated rings. The minimum Gasteiger partial charge on any atom is -0.393 e. The number of fused-ring (bicyclic) bond motifs is 1. The molecule has 1 heterocycles. The van der Waals surface area contributed by atoms with Gasteiger partial charge in [0.1, 0.15) is 0 Å². The Morgan fingerprint density at radius 1 is 0.882 bits per heavy atom. The molecule has 17 heavy (non-hydrogen) atoms. The molecule has 3 rings (SSSR count). The largest absolute Gasteiger partial charge is 0.393 e. The van der Waals surface area contributed by atoms with Gasteiger partial charge in [-0.2, -0.15) is 0 Å². The van der Waals surface area contributed by atoms with Crippen LogP contribution in [0.15, 0.2) is 0 Å². The van der Waals surface area contributed by atoms with Crippen molar-refractivity contribution in [3.63, 3.8) is 0 Å². The minimum atomic E-state index is -0.000956. The fraction of sp³-hybridized carbons (Fsp3) is 1.00. The van der Waals surface area contributed by atoms with E-state index in [4.69, 9.17) is 0 Å². The van der Waals surface area contributed by atoms with Gasteiger partial charge in [-0.05, 0) is 56.9 Å². The number of likely N-dealkylation sites (tertiary alicyclic amines) is 1. The van der Waals surface area contributed by atoms with Crippen LogP contribution in [0.4, 0.5) is 0 Å². The normalized spacial score (nSPS) is 43.6. The average Bonchev–Trinajstić information content (AvgIpc) is 2.76. The molecule has 2 saturated carbocycles. The zero-order chi connectivity index (χ0) is 11.7. The maximum absolute atomic E-state index is 9.99. The van der Waals surface area contributed by atoms with E-state index in [9.17, 15) is 5.11 Å². The van der Waals surface area contributed by atoms with Crippen LogP contribution in [0.3, 0.4) is 0 Å². The number of nitrogens with zero attached hydrogens (tertiary/aromatic N) is 1. The summed E-state index contributed by atoms with van der Waals surface area (Å²) in [5.41, 5.74) is 0. The van der Waals surface area contributed by atoms with E-state index in [-0.39, 0.29) is 6.10 Å². The standard InChI is InChI=1S/C15H27NO/c17-15-9-3-6-13(15)11-16-10-4-7-12-5-1-2-8-14(12)16/h12-15,17H,1-11H2. The van der Waals surface area contributed by atoms with Crippen LogP contribution in [0.2, 0.25) is 0 Å². The summed E-state index contributed by atoms with van der Waals surface area (Å²) < 4.78 is 0. The summed E-state index contributed by atoms with van der Waals surface area (Å²) in [5.74, 6) is 1.56. The highest BCUT2D eigenvalue weighted by Gasteiger charge is 2.36. The van der Waals surface area contributed by atoms with E-state index in [2.05, 4.69) is 4.90 Å². The second kappa shape index (κ2) is 5.27. The SMILES string of the molecule is OC1CCCC1CN1CCCC2CCCCC21. The first-order chi connectivity index (χ1) is 8.34. The van der Waals surface area contributed by atoms with Crippen LogP contribution in [0.5, 0.6) is 0 Å². The van der Waals surface area contributed by atoms with Gasteiger partial charge in [0.2, 0.25) is 0 Å². The molecule has 4 atom stereocenters. The highest BCUT2D eigenvalue weighted by molar-refractivity contribution is 4.90. The molecule has 1 saturated heterocycles. The third-order valence-electron chi connectivity index (χ3n) is 5.45. The summed E-state index contributed by atoms with van der Waals surface area (Å²) in [6.07, 6.45) is 12.2. The van der Waals surface area contributed by atoms with Crippen LogP contribution >= 0.6 is 0 Å². The maximum atomic E-state index is 9.99. The Morgan fingerprint density at radius 3 is 2.53 bits per heavy atom. The Kier molecular flexibility index (Phi) is 3.72. The Labute approximate surface area is 105 Å². The van der Waals surface area contributed by atoms with Crippen molar-refractivity contribution >= 4 is 0 Å². The van der Waals surface area contributed by atoms with Gasteiger partial charge in [-0.1, -0.05) is 19.3 Å². The van der Waals surface area contributed by atoms with E-state index in [1.54, 1.807) is 0 Å². The van der Waals surface area contributed by atoms with E-state index >= 15 is 0 Å². The van der Waals surface area contributed by atoms with Gasteiger partial charge in [0.05, 0.1) is 6.10 Å². The van der Waals surface area contributed by atoms with E-state index in [1.165, 1.54) is 64.5 Å². The van der Waals surface area contributed by atoms with Crippen LogP contribution in [0, 0.1) is 11.8 Å². The van der Waals surface area contributed by atoms with Crippen LogP contribution in [0.25, 0.3) is 0 Å². The van der Waals surface area contributed by atoms with Crippen molar-refractivity contribution in [2.24, 2.45) is 11.8 Å². The first-order valence-electron chi connectivity index (χ1n) is 7.77. The highest BCUT2D eigenvalue weighted by Crippen LogP contribution is 2.37. The number of rotatable bonds is 2. The Balaban J connectivity index is 1.61. The monoisotopic (exact) mass is 237 g/mol. The molecular weight excluding hydrogens is 210 g/mol. The molecule has 0 radical (unpaired) electrons. The van der Waals surface area contributed by atoms with Crippen molar-refractivity contribution in [2.45, 2.75) is 69.9 Å². The highest BCUT2D eigenvalue weighted by atomic mass is 16.3. The molecule has 4 unspecified atom stereocenters. The zero-order valence-corrected chi connectivity index (χ0v) is 11.0. The van der Waals surface area contributed by atoms with Crippen LogP contribution < -0.4 is 0 Å². The molecule has 0 aromatic heterocycles. The summed E-state index contributed by atoms with van der Waals surface area (Å²) in [6.45, 7) is 2.48. The van der Waals surface area contributed by atoms with Gasteiger partial charge in [0, 0.05) is 12.6 Å². The fourth-order valence-corrected chi connectivity index (χ4v) is 4.49. The molecule has 0 aromatic carbocycles. The van der Waals surface area contributed by atoms with Crippen molar-refractivity contribution in [2.75, 3.05) is 13.1 Å². The van der Waals surface area contributed by atoms with Gasteiger partial charge < -0.3 is 5.11 Å². The van der Waals surface area contributed by atoms with E-state index < -0.39 is 0 Å². The molecule has 98 valence electrons. The molecule has 2 aliphatic carbocycles. The Morgan fingerprint density at radius 2 is 1.71 bits per heavy atom. The van der Waals surface area contributed by atoms with Crippen LogP contribution in [-0.4, -0.2) is 35.2 Å². The molecule has 2 heteroatoms. The summed E-state index contributed by atoms with van der Waals surface area (Å²) in [6, 6.07) is 0.866. The third kappa shape index (κ3) is 2.53. The zero-order valence-electron chi connectivity index (χ0n) is 11.0. The first kappa shape index (κ1) is 12.0. The molecule has 0 bridgehead atoms. The van der Waals surface area contributed by atoms with Crippen molar-refractivity contribution < 1.29 is 5.11 Å². The third-order valence-corrected chi connectivity index (χ3v) is 5.45. The van der Waals surface area contributed by atoms with Crippen LogP contribution in [-0.2, 0) is 0 Å². The average molecular weight is 237 g/mol. The number of piperidine rings is 1. The molecular formula is C15H27NO. The second-order valence-electron chi connectivity index (χ2n) is 6.51.